The first kappa shape index (κ1) is 14.9. The normalized spacial score (nSPS) is 11.6. The van der Waals surface area contributed by atoms with E-state index in [1.807, 2.05) is 43.3 Å². The molecule has 4 heteroatoms. The fourth-order valence-electron chi connectivity index (χ4n) is 1.93. The Hall–Kier alpha value is -2.49. The van der Waals surface area contributed by atoms with Gasteiger partial charge in [0.1, 0.15) is 0 Å². The van der Waals surface area contributed by atoms with E-state index in [1.165, 1.54) is 0 Å². The lowest BCUT2D eigenvalue weighted by atomic mass is 10.2. The molecule has 0 aromatic heterocycles. The van der Waals surface area contributed by atoms with Crippen LogP contribution in [-0.4, -0.2) is 19.1 Å². The Morgan fingerprint density at radius 1 is 1.10 bits per heavy atom. The maximum atomic E-state index is 12.2. The molecule has 2 aromatic carbocycles. The Kier molecular flexibility index (Phi) is 4.82. The molecule has 4 nitrogen and oxygen atoms in total. The summed E-state index contributed by atoms with van der Waals surface area (Å²) in [5, 5.41) is 2.84. The zero-order valence-electron chi connectivity index (χ0n) is 12.4. The van der Waals surface area contributed by atoms with Gasteiger partial charge in [-0.2, -0.15) is 0 Å². The topological polar surface area (TPSA) is 47.6 Å². The lowest BCUT2D eigenvalue weighted by molar-refractivity contribution is -0.122. The lowest BCUT2D eigenvalue weighted by Crippen LogP contribution is -2.30. The van der Waals surface area contributed by atoms with Crippen LogP contribution in [0.1, 0.15) is 12.5 Å². The Morgan fingerprint density at radius 3 is 2.48 bits per heavy atom. The minimum Gasteiger partial charge on any atom is -0.493 e. The van der Waals surface area contributed by atoms with E-state index in [0.717, 1.165) is 11.3 Å². The van der Waals surface area contributed by atoms with Crippen molar-refractivity contribution in [3.63, 3.8) is 0 Å². The van der Waals surface area contributed by atoms with Crippen molar-refractivity contribution < 1.29 is 14.3 Å². The smallest absolute Gasteiger partial charge is 0.265 e. The molecule has 0 bridgehead atoms. The number of nitrogens with one attached hydrogen (secondary N) is 1. The Bertz CT molecular complexity index is 625. The minimum absolute atomic E-state index is 0.202. The maximum absolute atomic E-state index is 12.2. The van der Waals surface area contributed by atoms with Crippen LogP contribution < -0.4 is 14.8 Å². The van der Waals surface area contributed by atoms with E-state index in [1.54, 1.807) is 26.2 Å². The van der Waals surface area contributed by atoms with Gasteiger partial charge in [-0.25, -0.2) is 0 Å². The maximum Gasteiger partial charge on any atom is 0.265 e. The summed E-state index contributed by atoms with van der Waals surface area (Å²) in [6, 6.07) is 14.9. The lowest BCUT2D eigenvalue weighted by Gasteiger charge is -2.16. The molecule has 1 atom stereocenters. The summed E-state index contributed by atoms with van der Waals surface area (Å²) in [6.45, 7) is 3.68. The average Bonchev–Trinajstić information content (AvgIpc) is 2.47. The highest BCUT2D eigenvalue weighted by atomic mass is 16.5. The van der Waals surface area contributed by atoms with Gasteiger partial charge in [-0.3, -0.25) is 4.79 Å². The predicted octanol–water partition coefficient (Wildman–Crippen LogP) is 3.41. The van der Waals surface area contributed by atoms with E-state index >= 15 is 0 Å². The van der Waals surface area contributed by atoms with Crippen molar-refractivity contribution >= 4 is 11.6 Å². The third-order valence-corrected chi connectivity index (χ3v) is 3.03. The summed E-state index contributed by atoms with van der Waals surface area (Å²) in [5.74, 6) is 0.950. The van der Waals surface area contributed by atoms with Gasteiger partial charge in [-0.05, 0) is 43.7 Å². The molecule has 1 N–H and O–H groups in total. The van der Waals surface area contributed by atoms with Gasteiger partial charge in [0.2, 0.25) is 0 Å². The van der Waals surface area contributed by atoms with Crippen LogP contribution in [0, 0.1) is 6.92 Å². The van der Waals surface area contributed by atoms with Crippen molar-refractivity contribution in [2.75, 3.05) is 12.4 Å². The number of carbonyl (C=O) groups is 1. The summed E-state index contributed by atoms with van der Waals surface area (Å²) in [5.41, 5.74) is 1.85. The van der Waals surface area contributed by atoms with Crippen LogP contribution in [0.25, 0.3) is 0 Å². The van der Waals surface area contributed by atoms with Gasteiger partial charge < -0.3 is 14.8 Å². The van der Waals surface area contributed by atoms with Crippen molar-refractivity contribution in [1.82, 2.24) is 0 Å². The molecule has 0 saturated carbocycles. The van der Waals surface area contributed by atoms with E-state index < -0.39 is 6.10 Å². The third-order valence-electron chi connectivity index (χ3n) is 3.03. The second-order valence-electron chi connectivity index (χ2n) is 4.77. The number of rotatable bonds is 5. The Labute approximate surface area is 124 Å². The van der Waals surface area contributed by atoms with E-state index in [-0.39, 0.29) is 5.91 Å². The van der Waals surface area contributed by atoms with Crippen LogP contribution in [-0.2, 0) is 4.79 Å². The number of hydrogen-bond acceptors (Lipinski definition) is 3. The Balaban J connectivity index is 2.02. The number of hydrogen-bond donors (Lipinski definition) is 1. The molecular formula is C17H19NO3. The van der Waals surface area contributed by atoms with E-state index in [0.29, 0.717) is 11.5 Å². The molecule has 0 aliphatic rings. The van der Waals surface area contributed by atoms with Crippen LogP contribution >= 0.6 is 0 Å². The number of amides is 1. The summed E-state index contributed by atoms with van der Waals surface area (Å²) < 4.78 is 10.9. The third kappa shape index (κ3) is 3.99. The summed E-state index contributed by atoms with van der Waals surface area (Å²) in [6.07, 6.45) is -0.623. The zero-order chi connectivity index (χ0) is 15.2. The molecule has 0 aliphatic heterocycles. The fourth-order valence-corrected chi connectivity index (χ4v) is 1.93. The van der Waals surface area contributed by atoms with E-state index in [9.17, 15) is 4.79 Å². The Morgan fingerprint density at radius 2 is 1.81 bits per heavy atom. The minimum atomic E-state index is -0.623. The SMILES string of the molecule is COc1ccccc1O[C@@H](C)C(=O)Nc1cccc(C)c1. The van der Waals surface area contributed by atoms with Crippen LogP contribution in [0.3, 0.4) is 0 Å². The molecular weight excluding hydrogens is 266 g/mol. The first-order chi connectivity index (χ1) is 10.1. The molecule has 21 heavy (non-hydrogen) atoms. The number of aryl methyl sites for hydroxylation is 1. The van der Waals surface area contributed by atoms with Gasteiger partial charge in [-0.15, -0.1) is 0 Å². The van der Waals surface area contributed by atoms with Crippen LogP contribution in [0.2, 0.25) is 0 Å². The van der Waals surface area contributed by atoms with Gasteiger partial charge in [0.05, 0.1) is 7.11 Å². The van der Waals surface area contributed by atoms with Gasteiger partial charge >= 0.3 is 0 Å². The second kappa shape index (κ2) is 6.79. The molecule has 0 unspecified atom stereocenters. The largest absolute Gasteiger partial charge is 0.493 e. The van der Waals surface area contributed by atoms with Crippen molar-refractivity contribution in [3.8, 4) is 11.5 Å². The molecule has 0 aliphatic carbocycles. The second-order valence-corrected chi connectivity index (χ2v) is 4.77. The number of benzene rings is 2. The van der Waals surface area contributed by atoms with Gasteiger partial charge in [0.15, 0.2) is 17.6 Å². The molecule has 1 amide bonds. The van der Waals surface area contributed by atoms with Gasteiger partial charge in [0, 0.05) is 5.69 Å². The zero-order valence-corrected chi connectivity index (χ0v) is 12.4. The molecule has 2 rings (SSSR count). The van der Waals surface area contributed by atoms with E-state index in [4.69, 9.17) is 9.47 Å². The predicted molar refractivity (Wildman–Crippen MR) is 82.9 cm³/mol. The molecule has 0 spiro atoms. The number of ether oxygens (including phenoxy) is 2. The van der Waals surface area contributed by atoms with Gasteiger partial charge in [-0.1, -0.05) is 24.3 Å². The number of para-hydroxylation sites is 2. The highest BCUT2D eigenvalue weighted by Crippen LogP contribution is 2.27. The number of methoxy groups -OCH3 is 1. The molecule has 0 heterocycles. The molecule has 2 aromatic rings. The molecule has 0 radical (unpaired) electrons. The standard InChI is InChI=1S/C17H19NO3/c1-12-7-6-8-14(11-12)18-17(19)13(2)21-16-10-5-4-9-15(16)20-3/h4-11,13H,1-3H3,(H,18,19)/t13-/m0/s1. The van der Waals surface area contributed by atoms with Gasteiger partial charge in [0.25, 0.3) is 5.91 Å². The van der Waals surface area contributed by atoms with Crippen molar-refractivity contribution in [2.24, 2.45) is 0 Å². The average molecular weight is 285 g/mol. The molecule has 0 fully saturated rings. The van der Waals surface area contributed by atoms with Crippen LogP contribution in [0.15, 0.2) is 48.5 Å². The summed E-state index contributed by atoms with van der Waals surface area (Å²) >= 11 is 0. The molecule has 110 valence electrons. The highest BCUT2D eigenvalue weighted by Gasteiger charge is 2.16. The monoisotopic (exact) mass is 285 g/mol. The quantitative estimate of drug-likeness (QED) is 0.915. The number of carbonyl (C=O) groups excluding carboxylic acids is 1. The summed E-state index contributed by atoms with van der Waals surface area (Å²) in [7, 11) is 1.57. The van der Waals surface area contributed by atoms with Crippen LogP contribution in [0.4, 0.5) is 5.69 Å². The fraction of sp³-hybridized carbons (Fsp3) is 0.235. The van der Waals surface area contributed by atoms with Crippen molar-refractivity contribution in [1.29, 1.82) is 0 Å². The molecule has 0 saturated heterocycles. The van der Waals surface area contributed by atoms with Crippen molar-refractivity contribution in [3.05, 3.63) is 54.1 Å². The van der Waals surface area contributed by atoms with Crippen molar-refractivity contribution in [2.45, 2.75) is 20.0 Å². The number of anilines is 1. The summed E-state index contributed by atoms with van der Waals surface area (Å²) in [4.78, 5) is 12.2. The first-order valence-corrected chi connectivity index (χ1v) is 6.77. The first-order valence-electron chi connectivity index (χ1n) is 6.77. The van der Waals surface area contributed by atoms with E-state index in [2.05, 4.69) is 5.32 Å². The highest BCUT2D eigenvalue weighted by molar-refractivity contribution is 5.94. The van der Waals surface area contributed by atoms with Crippen LogP contribution in [0.5, 0.6) is 11.5 Å².